The maximum Gasteiger partial charge on any atom is 0.274 e. The highest BCUT2D eigenvalue weighted by molar-refractivity contribution is 7.87. The number of rotatable bonds is 4. The number of nitrogens with two attached hydrogens (primary N) is 1. The van der Waals surface area contributed by atoms with Gasteiger partial charge in [0.2, 0.25) is 5.91 Å². The van der Waals surface area contributed by atoms with E-state index in [-0.39, 0.29) is 24.4 Å². The number of hydrogen-bond donors (Lipinski definition) is 3. The van der Waals surface area contributed by atoms with Crippen LogP contribution in [0.25, 0.3) is 0 Å². The first kappa shape index (κ1) is 13.3. The van der Waals surface area contributed by atoms with Crippen molar-refractivity contribution < 1.29 is 13.2 Å². The van der Waals surface area contributed by atoms with E-state index < -0.39 is 10.2 Å². The summed E-state index contributed by atoms with van der Waals surface area (Å²) in [5, 5.41) is 7.37. The number of amides is 1. The largest absolute Gasteiger partial charge is 0.351 e. The number of carbonyl (C=O) groups is 1. The second-order valence-electron chi connectivity index (χ2n) is 3.99. The van der Waals surface area contributed by atoms with Crippen molar-refractivity contribution in [2.24, 2.45) is 5.14 Å². The predicted molar refractivity (Wildman–Crippen MR) is 53.6 cm³/mol. The van der Waals surface area contributed by atoms with E-state index in [1.807, 2.05) is 25.5 Å². The molecule has 0 aliphatic carbocycles. The Morgan fingerprint density at radius 2 is 1.86 bits per heavy atom. The molecule has 0 saturated carbocycles. The molecule has 0 aromatic heterocycles. The van der Waals surface area contributed by atoms with E-state index in [0.717, 1.165) is 0 Å². The predicted octanol–water partition coefficient (Wildman–Crippen LogP) is -0.916. The van der Waals surface area contributed by atoms with Crippen LogP contribution in [0.5, 0.6) is 0 Å². The van der Waals surface area contributed by atoms with Gasteiger partial charge >= 0.3 is 0 Å². The van der Waals surface area contributed by atoms with Crippen molar-refractivity contribution in [2.45, 2.75) is 32.7 Å². The quantitative estimate of drug-likeness (QED) is 0.574. The van der Waals surface area contributed by atoms with Gasteiger partial charge in [0.05, 0.1) is 0 Å². The molecule has 0 saturated heterocycles. The molecule has 6 nitrogen and oxygen atoms in total. The zero-order valence-corrected chi connectivity index (χ0v) is 9.44. The number of nitrogens with one attached hydrogen (secondary N) is 2. The van der Waals surface area contributed by atoms with Crippen LogP contribution >= 0.6 is 0 Å². The van der Waals surface area contributed by atoms with E-state index in [1.54, 1.807) is 0 Å². The monoisotopic (exact) mass is 223 g/mol. The van der Waals surface area contributed by atoms with Crippen molar-refractivity contribution in [1.29, 1.82) is 0 Å². The van der Waals surface area contributed by atoms with Crippen LogP contribution in [0.4, 0.5) is 0 Å². The van der Waals surface area contributed by atoms with Crippen LogP contribution < -0.4 is 15.2 Å². The van der Waals surface area contributed by atoms with E-state index >= 15 is 0 Å². The van der Waals surface area contributed by atoms with Gasteiger partial charge in [0.25, 0.3) is 10.2 Å². The molecule has 0 aromatic rings. The molecule has 0 aliphatic heterocycles. The standard InChI is InChI=1S/C7H17N3O3S/c1-7(2,3)10-6(11)4-5-9-14(8,12)13/h9H,4-5H2,1-3H3,(H,10,11)(H2,8,12,13). The second kappa shape index (κ2) is 4.72. The van der Waals surface area contributed by atoms with E-state index in [9.17, 15) is 13.2 Å². The molecule has 14 heavy (non-hydrogen) atoms. The molecule has 0 heterocycles. The summed E-state index contributed by atoms with van der Waals surface area (Å²) in [5.74, 6) is -0.214. The average molecular weight is 223 g/mol. The van der Waals surface area contributed by atoms with Crippen molar-refractivity contribution in [1.82, 2.24) is 10.0 Å². The average Bonchev–Trinajstić information content (AvgIpc) is 1.78. The van der Waals surface area contributed by atoms with Gasteiger partial charge in [-0.3, -0.25) is 4.79 Å². The fourth-order valence-corrected chi connectivity index (χ4v) is 1.17. The Morgan fingerprint density at radius 1 is 1.36 bits per heavy atom. The van der Waals surface area contributed by atoms with Gasteiger partial charge in [-0.05, 0) is 20.8 Å². The van der Waals surface area contributed by atoms with Crippen LogP contribution in [0.15, 0.2) is 0 Å². The molecule has 0 aliphatic rings. The Hall–Kier alpha value is -0.660. The summed E-state index contributed by atoms with van der Waals surface area (Å²) in [6.07, 6.45) is 0.0771. The second-order valence-corrected chi connectivity index (χ2v) is 5.37. The minimum Gasteiger partial charge on any atom is -0.351 e. The molecular weight excluding hydrogens is 206 g/mol. The molecule has 0 rings (SSSR count). The summed E-state index contributed by atoms with van der Waals surface area (Å²) in [6.45, 7) is 5.55. The van der Waals surface area contributed by atoms with Gasteiger partial charge in [-0.15, -0.1) is 0 Å². The van der Waals surface area contributed by atoms with Crippen LogP contribution in [-0.4, -0.2) is 26.4 Å². The van der Waals surface area contributed by atoms with Crippen LogP contribution in [0.2, 0.25) is 0 Å². The molecule has 0 unspecified atom stereocenters. The van der Waals surface area contributed by atoms with E-state index in [0.29, 0.717) is 0 Å². The van der Waals surface area contributed by atoms with Gasteiger partial charge in [0, 0.05) is 18.5 Å². The molecule has 0 bridgehead atoms. The highest BCUT2D eigenvalue weighted by atomic mass is 32.2. The van der Waals surface area contributed by atoms with Crippen LogP contribution in [0, 0.1) is 0 Å². The van der Waals surface area contributed by atoms with E-state index in [2.05, 4.69) is 10.5 Å². The fourth-order valence-electron chi connectivity index (χ4n) is 0.788. The summed E-state index contributed by atoms with van der Waals surface area (Å²) in [7, 11) is -3.69. The van der Waals surface area contributed by atoms with E-state index in [4.69, 9.17) is 0 Å². The van der Waals surface area contributed by atoms with Crippen molar-refractivity contribution in [3.8, 4) is 0 Å². The first-order valence-electron chi connectivity index (χ1n) is 4.18. The zero-order chi connectivity index (χ0) is 11.4. The summed E-state index contributed by atoms with van der Waals surface area (Å²) in [4.78, 5) is 11.2. The Bertz CT molecular complexity index is 292. The molecule has 84 valence electrons. The summed E-state index contributed by atoms with van der Waals surface area (Å²) < 4.78 is 22.9. The van der Waals surface area contributed by atoms with Gasteiger partial charge in [0.15, 0.2) is 0 Å². The van der Waals surface area contributed by atoms with Crippen molar-refractivity contribution in [3.05, 3.63) is 0 Å². The summed E-state index contributed by atoms with van der Waals surface area (Å²) >= 11 is 0. The lowest BCUT2D eigenvalue weighted by Gasteiger charge is -2.20. The maximum atomic E-state index is 11.2. The molecule has 1 amide bonds. The lowest BCUT2D eigenvalue weighted by Crippen LogP contribution is -2.42. The highest BCUT2D eigenvalue weighted by Crippen LogP contribution is 1.98. The van der Waals surface area contributed by atoms with Crippen LogP contribution in [0.1, 0.15) is 27.2 Å². The topological polar surface area (TPSA) is 101 Å². The number of hydrogen-bond acceptors (Lipinski definition) is 3. The Balaban J connectivity index is 3.77. The Kier molecular flexibility index (Phi) is 4.50. The minimum absolute atomic E-state index is 0.0146. The SMILES string of the molecule is CC(C)(C)NC(=O)CCNS(N)(=O)=O. The van der Waals surface area contributed by atoms with E-state index in [1.165, 1.54) is 0 Å². The van der Waals surface area contributed by atoms with Gasteiger partial charge in [-0.2, -0.15) is 8.42 Å². The minimum atomic E-state index is -3.69. The van der Waals surface area contributed by atoms with Crippen LogP contribution in [-0.2, 0) is 15.0 Å². The third kappa shape index (κ3) is 9.43. The Morgan fingerprint density at radius 3 is 2.21 bits per heavy atom. The number of carbonyl (C=O) groups excluding carboxylic acids is 1. The van der Waals surface area contributed by atoms with Gasteiger partial charge < -0.3 is 5.32 Å². The normalized spacial score (nSPS) is 12.6. The molecular formula is C7H17N3O3S. The molecule has 4 N–H and O–H groups in total. The molecule has 7 heteroatoms. The molecule has 0 atom stereocenters. The molecule has 0 aromatic carbocycles. The van der Waals surface area contributed by atoms with Gasteiger partial charge in [-0.25, -0.2) is 9.86 Å². The summed E-state index contributed by atoms with van der Waals surface area (Å²) in [5.41, 5.74) is -0.307. The first-order chi connectivity index (χ1) is 6.10. The molecule has 0 spiro atoms. The smallest absolute Gasteiger partial charge is 0.274 e. The van der Waals surface area contributed by atoms with Gasteiger partial charge in [0.1, 0.15) is 0 Å². The lowest BCUT2D eigenvalue weighted by atomic mass is 10.1. The van der Waals surface area contributed by atoms with Crippen molar-refractivity contribution in [3.63, 3.8) is 0 Å². The van der Waals surface area contributed by atoms with Gasteiger partial charge in [-0.1, -0.05) is 0 Å². The molecule has 0 radical (unpaired) electrons. The lowest BCUT2D eigenvalue weighted by molar-refractivity contribution is -0.122. The third-order valence-electron chi connectivity index (χ3n) is 1.17. The first-order valence-corrected chi connectivity index (χ1v) is 5.73. The van der Waals surface area contributed by atoms with Crippen molar-refractivity contribution >= 4 is 16.1 Å². The third-order valence-corrected chi connectivity index (χ3v) is 1.78. The van der Waals surface area contributed by atoms with Crippen LogP contribution in [0.3, 0.4) is 0 Å². The summed E-state index contributed by atoms with van der Waals surface area (Å²) in [6, 6.07) is 0. The fraction of sp³-hybridized carbons (Fsp3) is 0.857. The molecule has 0 fully saturated rings. The highest BCUT2D eigenvalue weighted by Gasteiger charge is 2.13. The van der Waals surface area contributed by atoms with Crippen molar-refractivity contribution in [2.75, 3.05) is 6.54 Å². The zero-order valence-electron chi connectivity index (χ0n) is 8.62. The maximum absolute atomic E-state index is 11.2. The Labute approximate surface area is 84.4 Å².